The molecule has 8 heteroatoms. The zero-order chi connectivity index (χ0) is 22.4. The molecule has 31 heavy (non-hydrogen) atoms. The zero-order valence-corrected chi connectivity index (χ0v) is 17.9. The molecular formula is C23H21N3O4S. The maximum Gasteiger partial charge on any atom is 0.319 e. The Labute approximate surface area is 184 Å². The topological polar surface area (TPSA) is 108 Å². The van der Waals surface area contributed by atoms with E-state index in [0.29, 0.717) is 11.3 Å². The Bertz CT molecular complexity index is 1060. The number of aryl methyl sites for hydroxylation is 1. The molecule has 2 amide bonds. The molecule has 2 aromatic carbocycles. The number of anilines is 1. The molecule has 0 aliphatic carbocycles. The van der Waals surface area contributed by atoms with E-state index in [-0.39, 0.29) is 22.3 Å². The molecule has 0 radical (unpaired) electrons. The van der Waals surface area contributed by atoms with Gasteiger partial charge in [-0.15, -0.1) is 0 Å². The minimum atomic E-state index is -1.19. The van der Waals surface area contributed by atoms with Gasteiger partial charge < -0.3 is 15.4 Å². The third-order valence-electron chi connectivity index (χ3n) is 4.83. The van der Waals surface area contributed by atoms with Crippen molar-refractivity contribution < 1.29 is 19.1 Å². The van der Waals surface area contributed by atoms with E-state index in [1.165, 1.54) is 7.11 Å². The maximum absolute atomic E-state index is 12.8. The number of nitrogens with zero attached hydrogens (tertiary/aromatic N) is 1. The standard InChI is InChI=1S/C23H21N3O4S/c1-14-8-10-15(11-9-14)19-17(12-24)22(26-21(28)20(19)23(29)30-2)31-13-18(27)25-16-6-4-3-5-7-16/h3-11,19-20H,13H2,1-2H3,(H,25,27)(H,26,28)/t19-,20-/m0/s1. The second-order valence-corrected chi connectivity index (χ2v) is 7.92. The van der Waals surface area contributed by atoms with Crippen LogP contribution >= 0.6 is 11.8 Å². The molecule has 1 aliphatic heterocycles. The van der Waals surface area contributed by atoms with E-state index in [9.17, 15) is 19.6 Å². The van der Waals surface area contributed by atoms with Gasteiger partial charge >= 0.3 is 5.97 Å². The van der Waals surface area contributed by atoms with Gasteiger partial charge in [0.1, 0.15) is 5.92 Å². The number of esters is 1. The number of ether oxygens (including phenoxy) is 1. The largest absolute Gasteiger partial charge is 0.468 e. The van der Waals surface area contributed by atoms with E-state index in [1.54, 1.807) is 36.4 Å². The lowest BCUT2D eigenvalue weighted by Crippen LogP contribution is -2.44. The van der Waals surface area contributed by atoms with Crippen LogP contribution in [-0.4, -0.2) is 30.6 Å². The lowest BCUT2D eigenvalue weighted by molar-refractivity contribution is -0.150. The highest BCUT2D eigenvalue weighted by molar-refractivity contribution is 8.03. The second kappa shape index (κ2) is 9.96. The van der Waals surface area contributed by atoms with Gasteiger partial charge in [-0.2, -0.15) is 5.26 Å². The number of hydrogen-bond acceptors (Lipinski definition) is 6. The van der Waals surface area contributed by atoms with Crippen molar-refractivity contribution >= 4 is 35.2 Å². The smallest absolute Gasteiger partial charge is 0.319 e. The van der Waals surface area contributed by atoms with Gasteiger partial charge in [-0.05, 0) is 24.6 Å². The number of amides is 2. The van der Waals surface area contributed by atoms with Crippen LogP contribution in [0.4, 0.5) is 5.69 Å². The predicted molar refractivity (Wildman–Crippen MR) is 118 cm³/mol. The Morgan fingerprint density at radius 1 is 1.16 bits per heavy atom. The molecule has 0 saturated carbocycles. The molecule has 1 aliphatic rings. The van der Waals surface area contributed by atoms with Crippen molar-refractivity contribution in [3.63, 3.8) is 0 Å². The summed E-state index contributed by atoms with van der Waals surface area (Å²) < 4.78 is 4.83. The summed E-state index contributed by atoms with van der Waals surface area (Å²) in [7, 11) is 1.20. The Morgan fingerprint density at radius 2 is 1.84 bits per heavy atom. The number of hydrogen-bond donors (Lipinski definition) is 2. The van der Waals surface area contributed by atoms with Crippen molar-refractivity contribution in [2.45, 2.75) is 12.8 Å². The summed E-state index contributed by atoms with van der Waals surface area (Å²) in [6, 6.07) is 18.4. The summed E-state index contributed by atoms with van der Waals surface area (Å²) in [5.41, 5.74) is 2.53. The number of methoxy groups -OCH3 is 1. The molecule has 0 spiro atoms. The van der Waals surface area contributed by atoms with Crippen molar-refractivity contribution in [1.82, 2.24) is 5.32 Å². The van der Waals surface area contributed by atoms with Crippen molar-refractivity contribution in [2.24, 2.45) is 5.92 Å². The zero-order valence-electron chi connectivity index (χ0n) is 17.0. The van der Waals surface area contributed by atoms with Crippen molar-refractivity contribution in [3.8, 4) is 6.07 Å². The lowest BCUT2D eigenvalue weighted by Gasteiger charge is -2.31. The fourth-order valence-corrected chi connectivity index (χ4v) is 4.16. The highest BCUT2D eigenvalue weighted by Crippen LogP contribution is 2.40. The summed E-state index contributed by atoms with van der Waals surface area (Å²) in [6.45, 7) is 1.92. The molecule has 0 bridgehead atoms. The van der Waals surface area contributed by atoms with Crippen LogP contribution in [0.15, 0.2) is 65.2 Å². The number of allylic oxidation sites excluding steroid dienone is 1. The summed E-state index contributed by atoms with van der Waals surface area (Å²) in [5.74, 6) is -3.57. The molecule has 3 rings (SSSR count). The SMILES string of the molecule is COC(=O)[C@@H]1C(=O)NC(SCC(=O)Nc2ccccc2)=C(C#N)[C@@H]1c1ccc(C)cc1. The number of rotatable bonds is 6. The minimum absolute atomic E-state index is 0.0147. The maximum atomic E-state index is 12.8. The summed E-state index contributed by atoms with van der Waals surface area (Å²) in [6.07, 6.45) is 0. The van der Waals surface area contributed by atoms with Crippen molar-refractivity contribution in [3.05, 3.63) is 76.3 Å². The van der Waals surface area contributed by atoms with Crippen LogP contribution in [0.5, 0.6) is 0 Å². The van der Waals surface area contributed by atoms with E-state index < -0.39 is 23.7 Å². The van der Waals surface area contributed by atoms with Gasteiger partial charge in [0.25, 0.3) is 0 Å². The van der Waals surface area contributed by atoms with Gasteiger partial charge in [-0.3, -0.25) is 14.4 Å². The average Bonchev–Trinajstić information content (AvgIpc) is 2.78. The fourth-order valence-electron chi connectivity index (χ4n) is 3.31. The van der Waals surface area contributed by atoms with Gasteiger partial charge in [0.05, 0.1) is 29.5 Å². The van der Waals surface area contributed by atoms with E-state index in [0.717, 1.165) is 17.3 Å². The van der Waals surface area contributed by atoms with Gasteiger partial charge in [0.2, 0.25) is 11.8 Å². The van der Waals surface area contributed by atoms with Gasteiger partial charge in [0.15, 0.2) is 0 Å². The number of carbonyl (C=O) groups is 3. The Kier molecular flexibility index (Phi) is 7.11. The highest BCUT2D eigenvalue weighted by atomic mass is 32.2. The van der Waals surface area contributed by atoms with Crippen molar-refractivity contribution in [2.75, 3.05) is 18.2 Å². The van der Waals surface area contributed by atoms with Crippen LogP contribution in [0.1, 0.15) is 17.0 Å². The van der Waals surface area contributed by atoms with Crippen LogP contribution in [0.3, 0.4) is 0 Å². The van der Waals surface area contributed by atoms with E-state index in [2.05, 4.69) is 16.7 Å². The van der Waals surface area contributed by atoms with Crippen LogP contribution in [0.2, 0.25) is 0 Å². The van der Waals surface area contributed by atoms with E-state index in [1.807, 2.05) is 25.1 Å². The number of thioether (sulfide) groups is 1. The Morgan fingerprint density at radius 3 is 2.45 bits per heavy atom. The number of nitriles is 1. The third kappa shape index (κ3) is 5.13. The van der Waals surface area contributed by atoms with Gasteiger partial charge in [-0.1, -0.05) is 59.8 Å². The number of nitrogens with one attached hydrogen (secondary N) is 2. The molecule has 158 valence electrons. The highest BCUT2D eigenvalue weighted by Gasteiger charge is 2.44. The quantitative estimate of drug-likeness (QED) is 0.533. The third-order valence-corrected chi connectivity index (χ3v) is 5.84. The molecule has 1 heterocycles. The molecule has 2 atom stereocenters. The summed E-state index contributed by atoms with van der Waals surface area (Å²) in [5, 5.41) is 15.5. The molecule has 2 N–H and O–H groups in total. The van der Waals surface area contributed by atoms with Gasteiger partial charge in [-0.25, -0.2) is 0 Å². The molecule has 0 aromatic heterocycles. The predicted octanol–water partition coefficient (Wildman–Crippen LogP) is 3.10. The van der Waals surface area contributed by atoms with Crippen LogP contribution < -0.4 is 10.6 Å². The molecule has 2 aromatic rings. The second-order valence-electron chi connectivity index (χ2n) is 6.94. The first kappa shape index (κ1) is 22.1. The molecule has 0 fully saturated rings. The van der Waals surface area contributed by atoms with Crippen LogP contribution in [0, 0.1) is 24.2 Å². The van der Waals surface area contributed by atoms with E-state index >= 15 is 0 Å². The van der Waals surface area contributed by atoms with Crippen molar-refractivity contribution in [1.29, 1.82) is 5.26 Å². The first-order valence-corrected chi connectivity index (χ1v) is 10.5. The molecule has 0 saturated heterocycles. The van der Waals surface area contributed by atoms with Gasteiger partial charge in [0, 0.05) is 11.6 Å². The van der Waals surface area contributed by atoms with Crippen LogP contribution in [0.25, 0.3) is 0 Å². The first-order valence-electron chi connectivity index (χ1n) is 9.51. The summed E-state index contributed by atoms with van der Waals surface area (Å²) >= 11 is 1.05. The summed E-state index contributed by atoms with van der Waals surface area (Å²) in [4.78, 5) is 37.5. The first-order chi connectivity index (χ1) is 14.9. The number of para-hydroxylation sites is 1. The number of benzene rings is 2. The van der Waals surface area contributed by atoms with E-state index in [4.69, 9.17) is 4.74 Å². The monoisotopic (exact) mass is 435 g/mol. The van der Waals surface area contributed by atoms with Crippen LogP contribution in [-0.2, 0) is 19.1 Å². The Hall–Kier alpha value is -3.57. The fraction of sp³-hybridized carbons (Fsp3) is 0.217. The molecular weight excluding hydrogens is 414 g/mol. The molecule has 7 nitrogen and oxygen atoms in total. The average molecular weight is 436 g/mol. The number of carbonyl (C=O) groups excluding carboxylic acids is 3. The minimum Gasteiger partial charge on any atom is -0.468 e. The normalized spacial score (nSPS) is 18.0. The Balaban J connectivity index is 1.89. The lowest BCUT2D eigenvalue weighted by atomic mass is 9.78. The molecule has 0 unspecified atom stereocenters.